The molecule has 0 spiro atoms. The van der Waals surface area contributed by atoms with Crippen LogP contribution in [0.3, 0.4) is 0 Å². The lowest BCUT2D eigenvalue weighted by atomic mass is 10.2. The third-order valence-electron chi connectivity index (χ3n) is 2.43. The number of hydrogen-bond acceptors (Lipinski definition) is 3. The average Bonchev–Trinajstić information content (AvgIpc) is 2.84. The molecule has 1 amide bonds. The van der Waals surface area contributed by atoms with Crippen molar-refractivity contribution >= 4 is 23.2 Å². The van der Waals surface area contributed by atoms with Gasteiger partial charge in [-0.05, 0) is 31.2 Å². The Morgan fingerprint density at radius 3 is 2.84 bits per heavy atom. The Labute approximate surface area is 116 Å². The average molecular weight is 280 g/mol. The van der Waals surface area contributed by atoms with Gasteiger partial charge in [-0.15, -0.1) is 0 Å². The van der Waals surface area contributed by atoms with Gasteiger partial charge in [-0.1, -0.05) is 11.6 Å². The summed E-state index contributed by atoms with van der Waals surface area (Å²) in [5, 5.41) is 7.42. The van der Waals surface area contributed by atoms with Crippen LogP contribution in [0.25, 0.3) is 0 Å². The number of anilines is 1. The number of carbonyl (C=O) groups is 1. The first-order valence-corrected chi connectivity index (χ1v) is 6.24. The number of carbonyl (C=O) groups excluding carboxylic acids is 1. The Kier molecular flexibility index (Phi) is 4.54. The fraction of sp³-hybridized carbons (Fsp3) is 0.231. The molecule has 0 aliphatic carbocycles. The summed E-state index contributed by atoms with van der Waals surface area (Å²) in [6.45, 7) is 2.90. The number of ether oxygens (including phenoxy) is 1. The van der Waals surface area contributed by atoms with E-state index in [9.17, 15) is 4.79 Å². The zero-order valence-corrected chi connectivity index (χ0v) is 11.2. The summed E-state index contributed by atoms with van der Waals surface area (Å²) in [6.07, 6.45) is 3.29. The van der Waals surface area contributed by atoms with Gasteiger partial charge in [0.05, 0.1) is 18.1 Å². The van der Waals surface area contributed by atoms with E-state index in [1.54, 1.807) is 41.3 Å². The third-order valence-corrected chi connectivity index (χ3v) is 2.68. The number of hydrogen-bond donors (Lipinski definition) is 1. The van der Waals surface area contributed by atoms with Crippen molar-refractivity contribution in [2.45, 2.75) is 13.7 Å². The van der Waals surface area contributed by atoms with E-state index in [2.05, 4.69) is 10.4 Å². The summed E-state index contributed by atoms with van der Waals surface area (Å²) >= 11 is 5.77. The van der Waals surface area contributed by atoms with Crippen LogP contribution < -0.4 is 5.32 Å². The van der Waals surface area contributed by atoms with Crippen molar-refractivity contribution in [3.8, 4) is 0 Å². The van der Waals surface area contributed by atoms with Gasteiger partial charge in [0.15, 0.2) is 0 Å². The van der Waals surface area contributed by atoms with Crippen molar-refractivity contribution in [1.82, 2.24) is 9.78 Å². The quantitative estimate of drug-likeness (QED) is 0.916. The van der Waals surface area contributed by atoms with Crippen molar-refractivity contribution in [2.24, 2.45) is 0 Å². The van der Waals surface area contributed by atoms with Crippen LogP contribution in [0.1, 0.15) is 17.3 Å². The van der Waals surface area contributed by atoms with Crippen molar-refractivity contribution in [1.29, 1.82) is 0 Å². The number of nitrogens with one attached hydrogen (secondary N) is 1. The molecule has 2 aromatic rings. The lowest BCUT2D eigenvalue weighted by Crippen LogP contribution is -2.11. The molecule has 6 heteroatoms. The molecule has 0 saturated carbocycles. The van der Waals surface area contributed by atoms with E-state index in [0.717, 1.165) is 0 Å². The number of halogens is 1. The molecule has 19 heavy (non-hydrogen) atoms. The highest BCUT2D eigenvalue weighted by Crippen LogP contribution is 2.12. The maximum absolute atomic E-state index is 11.9. The van der Waals surface area contributed by atoms with Gasteiger partial charge < -0.3 is 10.1 Å². The summed E-state index contributed by atoms with van der Waals surface area (Å²) in [5.41, 5.74) is 1.17. The van der Waals surface area contributed by atoms with Crippen LogP contribution in [0.4, 0.5) is 5.69 Å². The van der Waals surface area contributed by atoms with E-state index in [-0.39, 0.29) is 5.91 Å². The van der Waals surface area contributed by atoms with Gasteiger partial charge in [-0.2, -0.15) is 5.10 Å². The molecule has 1 heterocycles. The van der Waals surface area contributed by atoms with Crippen molar-refractivity contribution in [3.05, 3.63) is 47.2 Å². The van der Waals surface area contributed by atoms with Gasteiger partial charge in [-0.3, -0.25) is 4.79 Å². The standard InChI is InChI=1S/C13H14ClN3O2/c1-2-19-9-17-8-12(7-15-17)16-13(18)10-3-5-11(14)6-4-10/h3-8H,2,9H2,1H3,(H,16,18). The van der Waals surface area contributed by atoms with Crippen LogP contribution in [0.15, 0.2) is 36.7 Å². The SMILES string of the molecule is CCOCn1cc(NC(=O)c2ccc(Cl)cc2)cn1. The largest absolute Gasteiger partial charge is 0.360 e. The first-order chi connectivity index (χ1) is 9.19. The summed E-state index contributed by atoms with van der Waals surface area (Å²) < 4.78 is 6.82. The highest BCUT2D eigenvalue weighted by molar-refractivity contribution is 6.30. The molecule has 0 aliphatic heterocycles. The highest BCUT2D eigenvalue weighted by Gasteiger charge is 2.07. The molecule has 0 radical (unpaired) electrons. The fourth-order valence-corrected chi connectivity index (χ4v) is 1.61. The van der Waals surface area contributed by atoms with E-state index in [0.29, 0.717) is 29.6 Å². The zero-order chi connectivity index (χ0) is 13.7. The molecule has 0 aliphatic rings. The molecule has 0 unspecified atom stereocenters. The Hall–Kier alpha value is -1.85. The molecule has 2 rings (SSSR count). The fourth-order valence-electron chi connectivity index (χ4n) is 1.49. The minimum Gasteiger partial charge on any atom is -0.360 e. The molecule has 1 aromatic carbocycles. The molecular formula is C13H14ClN3O2. The molecule has 0 bridgehead atoms. The molecule has 1 aromatic heterocycles. The van der Waals surface area contributed by atoms with Crippen LogP contribution in [0.5, 0.6) is 0 Å². The predicted octanol–water partition coefficient (Wildman–Crippen LogP) is 2.78. The maximum atomic E-state index is 11.9. The van der Waals surface area contributed by atoms with E-state index in [4.69, 9.17) is 16.3 Å². The second kappa shape index (κ2) is 6.36. The Balaban J connectivity index is 1.98. The number of amides is 1. The number of benzene rings is 1. The lowest BCUT2D eigenvalue weighted by molar-refractivity contribution is 0.0792. The maximum Gasteiger partial charge on any atom is 0.255 e. The molecule has 1 N–H and O–H groups in total. The molecular weight excluding hydrogens is 266 g/mol. The summed E-state index contributed by atoms with van der Waals surface area (Å²) in [6, 6.07) is 6.69. The highest BCUT2D eigenvalue weighted by atomic mass is 35.5. The second-order valence-electron chi connectivity index (χ2n) is 3.85. The third kappa shape index (κ3) is 3.81. The molecule has 5 nitrogen and oxygen atoms in total. The summed E-state index contributed by atoms with van der Waals surface area (Å²) in [7, 11) is 0. The van der Waals surface area contributed by atoms with E-state index >= 15 is 0 Å². The number of rotatable bonds is 5. The van der Waals surface area contributed by atoms with Crippen LogP contribution >= 0.6 is 11.6 Å². The van der Waals surface area contributed by atoms with Crippen molar-refractivity contribution < 1.29 is 9.53 Å². The normalized spacial score (nSPS) is 10.4. The van der Waals surface area contributed by atoms with Gasteiger partial charge in [0.25, 0.3) is 5.91 Å². The van der Waals surface area contributed by atoms with Crippen molar-refractivity contribution in [3.63, 3.8) is 0 Å². The Bertz CT molecular complexity index is 551. The molecule has 0 saturated heterocycles. The Morgan fingerprint density at radius 1 is 1.42 bits per heavy atom. The Morgan fingerprint density at radius 2 is 2.16 bits per heavy atom. The molecule has 0 fully saturated rings. The van der Waals surface area contributed by atoms with E-state index in [1.807, 2.05) is 6.92 Å². The van der Waals surface area contributed by atoms with Gasteiger partial charge in [0, 0.05) is 17.2 Å². The monoisotopic (exact) mass is 279 g/mol. The van der Waals surface area contributed by atoms with Crippen LogP contribution in [-0.2, 0) is 11.5 Å². The first kappa shape index (κ1) is 13.6. The number of aromatic nitrogens is 2. The zero-order valence-electron chi connectivity index (χ0n) is 10.5. The predicted molar refractivity (Wildman–Crippen MR) is 73.3 cm³/mol. The lowest BCUT2D eigenvalue weighted by Gasteiger charge is -2.02. The smallest absolute Gasteiger partial charge is 0.255 e. The minimum atomic E-state index is -0.201. The number of nitrogens with zero attached hydrogens (tertiary/aromatic N) is 2. The topological polar surface area (TPSA) is 56.1 Å². The van der Waals surface area contributed by atoms with Gasteiger partial charge in [-0.25, -0.2) is 4.68 Å². The summed E-state index contributed by atoms with van der Waals surface area (Å²) in [4.78, 5) is 11.9. The van der Waals surface area contributed by atoms with Gasteiger partial charge >= 0.3 is 0 Å². The van der Waals surface area contributed by atoms with Crippen LogP contribution in [0, 0.1) is 0 Å². The van der Waals surface area contributed by atoms with Crippen LogP contribution in [0.2, 0.25) is 5.02 Å². The second-order valence-corrected chi connectivity index (χ2v) is 4.29. The first-order valence-electron chi connectivity index (χ1n) is 5.86. The minimum absolute atomic E-state index is 0.201. The summed E-state index contributed by atoms with van der Waals surface area (Å²) in [5.74, 6) is -0.201. The van der Waals surface area contributed by atoms with Crippen molar-refractivity contribution in [2.75, 3.05) is 11.9 Å². The van der Waals surface area contributed by atoms with Gasteiger partial charge in [0.2, 0.25) is 0 Å². The van der Waals surface area contributed by atoms with E-state index < -0.39 is 0 Å². The van der Waals surface area contributed by atoms with Crippen LogP contribution in [-0.4, -0.2) is 22.3 Å². The molecule has 0 atom stereocenters. The molecule has 100 valence electrons. The van der Waals surface area contributed by atoms with E-state index in [1.165, 1.54) is 0 Å². The van der Waals surface area contributed by atoms with Gasteiger partial charge in [0.1, 0.15) is 6.73 Å².